The summed E-state index contributed by atoms with van der Waals surface area (Å²) in [4.78, 5) is 10.6. The molecule has 0 spiro atoms. The molecule has 0 bridgehead atoms. The van der Waals surface area contributed by atoms with Crippen molar-refractivity contribution in [1.29, 1.82) is 0 Å². The number of halogens is 2. The fraction of sp³-hybridized carbons (Fsp3) is 0.300. The molecule has 0 radical (unpaired) electrons. The zero-order chi connectivity index (χ0) is 11.6. The highest BCUT2D eigenvalue weighted by Gasteiger charge is 2.15. The molecule has 0 aliphatic rings. The molecule has 0 saturated carbocycles. The molecule has 0 amide bonds. The summed E-state index contributed by atoms with van der Waals surface area (Å²) in [5.74, 6) is -3.26. The van der Waals surface area contributed by atoms with Crippen LogP contribution in [0.4, 0.5) is 8.78 Å². The lowest BCUT2D eigenvalue weighted by molar-refractivity contribution is 0.0691. The van der Waals surface area contributed by atoms with Gasteiger partial charge in [-0.2, -0.15) is 0 Å². The average molecular weight is 215 g/mol. The van der Waals surface area contributed by atoms with Gasteiger partial charge in [-0.1, -0.05) is 0 Å². The van der Waals surface area contributed by atoms with Crippen molar-refractivity contribution in [1.82, 2.24) is 0 Å². The Morgan fingerprint density at radius 2 is 2.07 bits per heavy atom. The van der Waals surface area contributed by atoms with Gasteiger partial charge in [-0.3, -0.25) is 0 Å². The predicted molar refractivity (Wildman–Crippen MR) is 50.7 cm³/mol. The van der Waals surface area contributed by atoms with Gasteiger partial charge in [0.25, 0.3) is 0 Å². The van der Waals surface area contributed by atoms with Crippen molar-refractivity contribution in [2.24, 2.45) is 5.73 Å². The summed E-state index contributed by atoms with van der Waals surface area (Å²) in [5, 5.41) is 8.62. The van der Waals surface area contributed by atoms with Crippen LogP contribution in [0, 0.1) is 11.6 Å². The number of hydrogen-bond donors (Lipinski definition) is 2. The van der Waals surface area contributed by atoms with E-state index in [1.54, 1.807) is 6.92 Å². The van der Waals surface area contributed by atoms with Crippen LogP contribution in [0.1, 0.15) is 22.8 Å². The molecule has 0 aliphatic carbocycles. The van der Waals surface area contributed by atoms with E-state index >= 15 is 0 Å². The second-order valence-electron chi connectivity index (χ2n) is 3.41. The lowest BCUT2D eigenvalue weighted by Crippen LogP contribution is -2.19. The monoisotopic (exact) mass is 215 g/mol. The standard InChI is InChI=1S/C10H11F2NO2/c1-5(13)2-6-3-7(10(14)15)9(12)4-8(6)11/h3-5H,2,13H2,1H3,(H,14,15). The molecule has 3 nitrogen and oxygen atoms in total. The molecule has 1 unspecified atom stereocenters. The van der Waals surface area contributed by atoms with E-state index in [1.807, 2.05) is 0 Å². The molecule has 15 heavy (non-hydrogen) atoms. The van der Waals surface area contributed by atoms with Gasteiger partial charge in [0.05, 0.1) is 5.56 Å². The van der Waals surface area contributed by atoms with Gasteiger partial charge in [-0.15, -0.1) is 0 Å². The second-order valence-corrected chi connectivity index (χ2v) is 3.41. The normalized spacial score (nSPS) is 12.5. The number of benzene rings is 1. The zero-order valence-electron chi connectivity index (χ0n) is 8.13. The lowest BCUT2D eigenvalue weighted by Gasteiger charge is -2.08. The molecular weight excluding hydrogens is 204 g/mol. The first-order chi connectivity index (χ1) is 6.91. The van der Waals surface area contributed by atoms with Crippen molar-refractivity contribution in [2.45, 2.75) is 19.4 Å². The number of nitrogens with two attached hydrogens (primary N) is 1. The van der Waals surface area contributed by atoms with Gasteiger partial charge in [0.15, 0.2) is 0 Å². The molecule has 0 fully saturated rings. The van der Waals surface area contributed by atoms with Crippen LogP contribution >= 0.6 is 0 Å². The average Bonchev–Trinajstić information content (AvgIpc) is 2.08. The van der Waals surface area contributed by atoms with E-state index < -0.39 is 23.2 Å². The molecule has 0 saturated heterocycles. The van der Waals surface area contributed by atoms with E-state index in [-0.39, 0.29) is 18.0 Å². The van der Waals surface area contributed by atoms with E-state index in [0.717, 1.165) is 6.07 Å². The molecule has 0 heterocycles. The summed E-state index contributed by atoms with van der Waals surface area (Å²) >= 11 is 0. The fourth-order valence-electron chi connectivity index (χ4n) is 1.26. The molecule has 1 atom stereocenters. The molecule has 1 aromatic carbocycles. The van der Waals surface area contributed by atoms with Crippen LogP contribution in [0.15, 0.2) is 12.1 Å². The van der Waals surface area contributed by atoms with E-state index in [9.17, 15) is 13.6 Å². The molecule has 5 heteroatoms. The second kappa shape index (κ2) is 4.35. The third-order valence-electron chi connectivity index (χ3n) is 1.91. The Kier molecular flexibility index (Phi) is 3.36. The van der Waals surface area contributed by atoms with Crippen LogP contribution in [0.2, 0.25) is 0 Å². The first-order valence-corrected chi connectivity index (χ1v) is 4.38. The van der Waals surface area contributed by atoms with Gasteiger partial charge in [-0.25, -0.2) is 13.6 Å². The summed E-state index contributed by atoms with van der Waals surface area (Å²) in [6, 6.07) is 1.24. The number of carboxylic acid groups (broad SMARTS) is 1. The van der Waals surface area contributed by atoms with Gasteiger partial charge >= 0.3 is 5.97 Å². The van der Waals surface area contributed by atoms with E-state index in [2.05, 4.69) is 0 Å². The Morgan fingerprint density at radius 1 is 1.47 bits per heavy atom. The largest absolute Gasteiger partial charge is 0.478 e. The van der Waals surface area contributed by atoms with E-state index in [4.69, 9.17) is 10.8 Å². The van der Waals surface area contributed by atoms with Crippen LogP contribution in [-0.4, -0.2) is 17.1 Å². The van der Waals surface area contributed by atoms with Gasteiger partial charge in [0.1, 0.15) is 11.6 Å². The molecule has 0 aromatic heterocycles. The topological polar surface area (TPSA) is 63.3 Å². The summed E-state index contributed by atoms with van der Waals surface area (Å²) in [5.41, 5.74) is 5.03. The third kappa shape index (κ3) is 2.73. The molecule has 1 rings (SSSR count). The first-order valence-electron chi connectivity index (χ1n) is 4.38. The quantitative estimate of drug-likeness (QED) is 0.804. The SMILES string of the molecule is CC(N)Cc1cc(C(=O)O)c(F)cc1F. The third-order valence-corrected chi connectivity index (χ3v) is 1.91. The molecule has 82 valence electrons. The van der Waals surface area contributed by atoms with Crippen molar-refractivity contribution in [2.75, 3.05) is 0 Å². The highest BCUT2D eigenvalue weighted by molar-refractivity contribution is 5.88. The number of rotatable bonds is 3. The van der Waals surface area contributed by atoms with Crippen LogP contribution in [-0.2, 0) is 6.42 Å². The zero-order valence-corrected chi connectivity index (χ0v) is 8.13. The maximum atomic E-state index is 13.2. The van der Waals surface area contributed by atoms with Crippen molar-refractivity contribution in [3.63, 3.8) is 0 Å². The minimum Gasteiger partial charge on any atom is -0.478 e. The van der Waals surface area contributed by atoms with Crippen molar-refractivity contribution < 1.29 is 18.7 Å². The highest BCUT2D eigenvalue weighted by atomic mass is 19.1. The Balaban J connectivity index is 3.17. The van der Waals surface area contributed by atoms with Crippen LogP contribution in [0.5, 0.6) is 0 Å². The van der Waals surface area contributed by atoms with Gasteiger partial charge in [-0.05, 0) is 25.0 Å². The summed E-state index contributed by atoms with van der Waals surface area (Å²) in [6.07, 6.45) is 0.173. The Morgan fingerprint density at radius 3 is 2.53 bits per heavy atom. The number of hydrogen-bond acceptors (Lipinski definition) is 2. The van der Waals surface area contributed by atoms with Gasteiger partial charge in [0.2, 0.25) is 0 Å². The first kappa shape index (κ1) is 11.6. The van der Waals surface area contributed by atoms with Crippen molar-refractivity contribution >= 4 is 5.97 Å². The predicted octanol–water partition coefficient (Wildman–Crippen LogP) is 1.55. The molecule has 1 aromatic rings. The number of aromatic carboxylic acids is 1. The highest BCUT2D eigenvalue weighted by Crippen LogP contribution is 2.16. The molecule has 3 N–H and O–H groups in total. The van der Waals surface area contributed by atoms with E-state index in [1.165, 1.54) is 0 Å². The fourth-order valence-corrected chi connectivity index (χ4v) is 1.26. The van der Waals surface area contributed by atoms with E-state index in [0.29, 0.717) is 6.07 Å². The lowest BCUT2D eigenvalue weighted by atomic mass is 10.0. The Bertz CT molecular complexity index is 391. The summed E-state index contributed by atoms with van der Waals surface area (Å²) < 4.78 is 26.1. The molecule has 0 aliphatic heterocycles. The van der Waals surface area contributed by atoms with Crippen molar-refractivity contribution in [3.8, 4) is 0 Å². The summed E-state index contributed by atoms with van der Waals surface area (Å²) in [6.45, 7) is 1.66. The van der Waals surface area contributed by atoms with Crippen LogP contribution in [0.25, 0.3) is 0 Å². The van der Waals surface area contributed by atoms with Crippen molar-refractivity contribution in [3.05, 3.63) is 34.9 Å². The van der Waals surface area contributed by atoms with Crippen LogP contribution in [0.3, 0.4) is 0 Å². The maximum absolute atomic E-state index is 13.2. The maximum Gasteiger partial charge on any atom is 0.338 e. The number of carbonyl (C=O) groups is 1. The van der Waals surface area contributed by atoms with Crippen LogP contribution < -0.4 is 5.73 Å². The number of carboxylic acids is 1. The minimum atomic E-state index is -1.42. The molecular formula is C10H11F2NO2. The summed E-state index contributed by atoms with van der Waals surface area (Å²) in [7, 11) is 0. The van der Waals surface area contributed by atoms with Gasteiger partial charge < -0.3 is 10.8 Å². The Hall–Kier alpha value is -1.49. The Labute approximate surface area is 85.5 Å². The minimum absolute atomic E-state index is 0.115. The smallest absolute Gasteiger partial charge is 0.338 e. The van der Waals surface area contributed by atoms with Gasteiger partial charge in [0, 0.05) is 12.1 Å².